The van der Waals surface area contributed by atoms with Gasteiger partial charge in [0.1, 0.15) is 22.8 Å². The SMILES string of the molecule is COCCC1CN(Cc2cc(C(c3ccc(C(C)=O)s3)C(C)C(=O)O)ccc2C)S(=O)c2ccccc2O1. The Labute approximate surface area is 230 Å². The largest absolute Gasteiger partial charge is 0.488 e. The molecule has 1 aromatic heterocycles. The summed E-state index contributed by atoms with van der Waals surface area (Å²) in [6.07, 6.45) is 0.467. The number of ketones is 1. The number of carbonyl (C=O) groups excluding carboxylic acids is 1. The lowest BCUT2D eigenvalue weighted by Crippen LogP contribution is -2.35. The minimum Gasteiger partial charge on any atom is -0.488 e. The Morgan fingerprint density at radius 1 is 1.21 bits per heavy atom. The van der Waals surface area contributed by atoms with Gasteiger partial charge in [0.25, 0.3) is 0 Å². The lowest BCUT2D eigenvalue weighted by Gasteiger charge is -2.25. The number of aryl methyl sites for hydroxylation is 1. The van der Waals surface area contributed by atoms with E-state index in [0.717, 1.165) is 21.6 Å². The van der Waals surface area contributed by atoms with E-state index in [4.69, 9.17) is 9.47 Å². The molecular formula is C29H33NO6S2. The maximum absolute atomic E-state index is 13.7. The van der Waals surface area contributed by atoms with Crippen LogP contribution in [0.3, 0.4) is 0 Å². The van der Waals surface area contributed by atoms with Crippen LogP contribution in [0, 0.1) is 12.8 Å². The number of benzene rings is 2. The number of hydrogen-bond donors (Lipinski definition) is 1. The van der Waals surface area contributed by atoms with Crippen LogP contribution in [0.1, 0.15) is 57.4 Å². The third-order valence-corrected chi connectivity index (χ3v) is 9.60. The van der Waals surface area contributed by atoms with Gasteiger partial charge >= 0.3 is 5.97 Å². The standard InChI is InChI=1S/C29H33NO6S2/c1-18-9-10-21(28(19(2)29(32)33)26-12-11-25(37-26)20(3)31)15-22(18)16-30-17-23(13-14-35-4)36-24-7-5-6-8-27(24)38(30)34/h5-12,15,19,23,28H,13-14,16-17H2,1-4H3,(H,32,33). The quantitative estimate of drug-likeness (QED) is 0.335. The van der Waals surface area contributed by atoms with Gasteiger partial charge in [0.15, 0.2) is 5.78 Å². The topological polar surface area (TPSA) is 93.1 Å². The summed E-state index contributed by atoms with van der Waals surface area (Å²) < 4.78 is 27.1. The second-order valence-corrected chi connectivity index (χ2v) is 12.2. The van der Waals surface area contributed by atoms with Gasteiger partial charge in [-0.2, -0.15) is 0 Å². The average Bonchev–Trinajstić information content (AvgIpc) is 3.34. The van der Waals surface area contributed by atoms with Gasteiger partial charge in [0.2, 0.25) is 0 Å². The van der Waals surface area contributed by atoms with Crippen molar-refractivity contribution in [3.63, 3.8) is 0 Å². The van der Waals surface area contributed by atoms with Gasteiger partial charge in [0.05, 0.1) is 15.7 Å². The zero-order chi connectivity index (χ0) is 27.4. The number of rotatable bonds is 10. The molecule has 202 valence electrons. The normalized spacial score (nSPS) is 19.2. The van der Waals surface area contributed by atoms with E-state index in [1.165, 1.54) is 18.3 Å². The molecule has 1 aliphatic rings. The zero-order valence-electron chi connectivity index (χ0n) is 22.0. The van der Waals surface area contributed by atoms with Gasteiger partial charge < -0.3 is 14.6 Å². The van der Waals surface area contributed by atoms with E-state index in [0.29, 0.717) is 41.6 Å². The summed E-state index contributed by atoms with van der Waals surface area (Å²) in [5, 5.41) is 9.90. The first-order valence-corrected chi connectivity index (χ1v) is 14.5. The summed E-state index contributed by atoms with van der Waals surface area (Å²) in [6, 6.07) is 17.0. The van der Waals surface area contributed by atoms with Crippen LogP contribution in [0.15, 0.2) is 59.5 Å². The highest BCUT2D eigenvalue weighted by molar-refractivity contribution is 7.82. The number of thiophene rings is 1. The Morgan fingerprint density at radius 2 is 1.97 bits per heavy atom. The summed E-state index contributed by atoms with van der Waals surface area (Å²) in [4.78, 5) is 26.1. The highest BCUT2D eigenvalue weighted by Gasteiger charge is 2.31. The fourth-order valence-electron chi connectivity index (χ4n) is 4.66. The Bertz CT molecular complexity index is 1340. The Hall–Kier alpha value is -2.85. The summed E-state index contributed by atoms with van der Waals surface area (Å²) in [7, 11) is 0.211. The fraction of sp³-hybridized carbons (Fsp3) is 0.379. The zero-order valence-corrected chi connectivity index (χ0v) is 23.6. The first kappa shape index (κ1) is 28.2. The van der Waals surface area contributed by atoms with Crippen molar-refractivity contribution in [1.29, 1.82) is 0 Å². The molecule has 0 aliphatic carbocycles. The minimum absolute atomic E-state index is 0.0401. The molecule has 0 bridgehead atoms. The lowest BCUT2D eigenvalue weighted by molar-refractivity contribution is -0.141. The van der Waals surface area contributed by atoms with Crippen LogP contribution in [0.4, 0.5) is 0 Å². The number of carbonyl (C=O) groups is 2. The number of aliphatic carboxylic acids is 1. The fourth-order valence-corrected chi connectivity index (χ4v) is 7.12. The van der Waals surface area contributed by atoms with E-state index in [9.17, 15) is 18.9 Å². The lowest BCUT2D eigenvalue weighted by atomic mass is 9.84. The number of nitrogens with zero attached hydrogens (tertiary/aromatic N) is 1. The molecule has 4 rings (SSSR count). The first-order valence-electron chi connectivity index (χ1n) is 12.5. The van der Waals surface area contributed by atoms with Crippen LogP contribution in [0.5, 0.6) is 5.75 Å². The second kappa shape index (κ2) is 12.3. The maximum atomic E-state index is 13.7. The first-order chi connectivity index (χ1) is 18.2. The summed E-state index contributed by atoms with van der Waals surface area (Å²) in [6.45, 7) is 6.60. The van der Waals surface area contributed by atoms with Crippen molar-refractivity contribution in [1.82, 2.24) is 4.31 Å². The Kier molecular flexibility index (Phi) is 9.15. The second-order valence-electron chi connectivity index (χ2n) is 9.59. The van der Waals surface area contributed by atoms with Crippen molar-refractivity contribution in [2.45, 2.75) is 50.7 Å². The molecule has 38 heavy (non-hydrogen) atoms. The molecule has 3 aromatic rings. The molecular weight excluding hydrogens is 522 g/mol. The van der Waals surface area contributed by atoms with Gasteiger partial charge in [-0.1, -0.05) is 37.3 Å². The molecule has 0 radical (unpaired) electrons. The number of fused-ring (bicyclic) bond motifs is 1. The number of carboxylic acid groups (broad SMARTS) is 1. The van der Waals surface area contributed by atoms with Crippen LogP contribution < -0.4 is 4.74 Å². The van der Waals surface area contributed by atoms with E-state index >= 15 is 0 Å². The highest BCUT2D eigenvalue weighted by atomic mass is 32.2. The molecule has 2 heterocycles. The number of para-hydroxylation sites is 1. The average molecular weight is 556 g/mol. The molecule has 1 N–H and O–H groups in total. The number of Topliss-reactive ketones (excluding diaryl/α,β-unsaturated/α-hetero) is 1. The number of methoxy groups -OCH3 is 1. The molecule has 2 aromatic carbocycles. The van der Waals surface area contributed by atoms with Crippen LogP contribution >= 0.6 is 11.3 Å². The monoisotopic (exact) mass is 555 g/mol. The molecule has 1 aliphatic heterocycles. The minimum atomic E-state index is -1.44. The third-order valence-electron chi connectivity index (χ3n) is 6.87. The van der Waals surface area contributed by atoms with E-state index in [2.05, 4.69) is 0 Å². The molecule has 9 heteroatoms. The van der Waals surface area contributed by atoms with Crippen molar-refractivity contribution in [2.75, 3.05) is 20.3 Å². The summed E-state index contributed by atoms with van der Waals surface area (Å²) in [5.41, 5.74) is 2.84. The predicted octanol–water partition coefficient (Wildman–Crippen LogP) is 5.43. The van der Waals surface area contributed by atoms with Crippen LogP contribution in [0.25, 0.3) is 0 Å². The van der Waals surface area contributed by atoms with Gasteiger partial charge in [-0.05, 0) is 54.8 Å². The van der Waals surface area contributed by atoms with Gasteiger partial charge in [-0.15, -0.1) is 11.3 Å². The van der Waals surface area contributed by atoms with E-state index in [1.54, 1.807) is 20.1 Å². The molecule has 4 unspecified atom stereocenters. The number of hydrogen-bond acceptors (Lipinski definition) is 6. The van der Waals surface area contributed by atoms with Crippen molar-refractivity contribution >= 4 is 34.1 Å². The molecule has 0 saturated carbocycles. The van der Waals surface area contributed by atoms with Crippen molar-refractivity contribution in [3.8, 4) is 5.75 Å². The molecule has 0 amide bonds. The molecule has 7 nitrogen and oxygen atoms in total. The van der Waals surface area contributed by atoms with Gasteiger partial charge in [-0.25, -0.2) is 8.51 Å². The van der Waals surface area contributed by atoms with Crippen LogP contribution in [-0.2, 0) is 27.1 Å². The van der Waals surface area contributed by atoms with E-state index < -0.39 is 28.8 Å². The predicted molar refractivity (Wildman–Crippen MR) is 148 cm³/mol. The van der Waals surface area contributed by atoms with Crippen molar-refractivity contribution < 1.29 is 28.4 Å². The van der Waals surface area contributed by atoms with E-state index in [1.807, 2.05) is 59.8 Å². The summed E-state index contributed by atoms with van der Waals surface area (Å²) >= 11 is 1.34. The van der Waals surface area contributed by atoms with Crippen molar-refractivity contribution in [2.24, 2.45) is 5.92 Å². The van der Waals surface area contributed by atoms with Crippen molar-refractivity contribution in [3.05, 3.63) is 81.0 Å². The number of ether oxygens (including phenoxy) is 2. The van der Waals surface area contributed by atoms with E-state index in [-0.39, 0.29) is 11.9 Å². The van der Waals surface area contributed by atoms with Crippen LogP contribution in [-0.4, -0.2) is 51.7 Å². The van der Waals surface area contributed by atoms with Crippen LogP contribution in [0.2, 0.25) is 0 Å². The molecule has 0 fully saturated rings. The van der Waals surface area contributed by atoms with Gasteiger partial charge in [-0.3, -0.25) is 9.59 Å². The smallest absolute Gasteiger partial charge is 0.307 e. The molecule has 0 saturated heterocycles. The number of carboxylic acids is 1. The molecule has 0 spiro atoms. The van der Waals surface area contributed by atoms with Gasteiger partial charge in [0, 0.05) is 44.0 Å². The Balaban J connectivity index is 1.70. The molecule has 4 atom stereocenters. The Morgan fingerprint density at radius 3 is 2.66 bits per heavy atom. The summed E-state index contributed by atoms with van der Waals surface area (Å²) in [5.74, 6) is -1.44. The third kappa shape index (κ3) is 6.23. The highest BCUT2D eigenvalue weighted by Crippen LogP contribution is 2.38. The maximum Gasteiger partial charge on any atom is 0.307 e.